The molecule has 1 heterocycles. The fraction of sp³-hybridized carbons (Fsp3) is 0.625. The summed E-state index contributed by atoms with van der Waals surface area (Å²) >= 11 is 3.35. The summed E-state index contributed by atoms with van der Waals surface area (Å²) in [6.45, 7) is 0. The molecule has 1 aliphatic carbocycles. The van der Waals surface area contributed by atoms with E-state index in [9.17, 15) is 8.42 Å². The zero-order valence-electron chi connectivity index (χ0n) is 8.03. The van der Waals surface area contributed by atoms with Crippen LogP contribution in [0.5, 0.6) is 0 Å². The van der Waals surface area contributed by atoms with Crippen LogP contribution in [0.2, 0.25) is 0 Å². The lowest BCUT2D eigenvalue weighted by Gasteiger charge is -2.40. The van der Waals surface area contributed by atoms with Crippen molar-refractivity contribution in [3.63, 3.8) is 0 Å². The Morgan fingerprint density at radius 1 is 1.60 bits per heavy atom. The first-order chi connectivity index (χ1) is 7.08. The molecule has 1 aromatic rings. The Morgan fingerprint density at radius 2 is 2.33 bits per heavy atom. The van der Waals surface area contributed by atoms with Gasteiger partial charge in [-0.25, -0.2) is 18.1 Å². The maximum atomic E-state index is 11.9. The summed E-state index contributed by atoms with van der Waals surface area (Å²) in [7, 11) is -3.45. The zero-order valence-corrected chi connectivity index (χ0v) is 10.4. The second kappa shape index (κ2) is 3.88. The van der Waals surface area contributed by atoms with Crippen molar-refractivity contribution in [2.24, 2.45) is 0 Å². The van der Waals surface area contributed by atoms with Crippen LogP contribution in [0.4, 0.5) is 0 Å². The molecule has 0 aromatic carbocycles. The average Bonchev–Trinajstić information content (AvgIpc) is 2.64. The third kappa shape index (κ3) is 2.09. The fourth-order valence-electron chi connectivity index (χ4n) is 1.60. The quantitative estimate of drug-likeness (QED) is 0.814. The van der Waals surface area contributed by atoms with Crippen molar-refractivity contribution < 1.29 is 8.42 Å². The molecule has 0 spiro atoms. The Bertz CT molecular complexity index is 419. The number of nitrogens with zero attached hydrogens (tertiary/aromatic N) is 1. The van der Waals surface area contributed by atoms with Gasteiger partial charge in [-0.2, -0.15) is 0 Å². The van der Waals surface area contributed by atoms with Crippen LogP contribution in [0, 0.1) is 0 Å². The molecule has 0 saturated heterocycles. The molecule has 2 rings (SSSR count). The highest BCUT2D eigenvalue weighted by atomic mass is 79.9. The van der Waals surface area contributed by atoms with Gasteiger partial charge in [-0.1, -0.05) is 15.9 Å². The van der Waals surface area contributed by atoms with Crippen LogP contribution in [0.15, 0.2) is 17.6 Å². The SMILES string of the molecule is O=S(=O)(NC1(CBr)CCC1)c1cnc[nH]1. The first kappa shape index (κ1) is 11.1. The van der Waals surface area contributed by atoms with E-state index >= 15 is 0 Å². The Labute approximate surface area is 96.9 Å². The van der Waals surface area contributed by atoms with E-state index in [1.54, 1.807) is 0 Å². The largest absolute Gasteiger partial charge is 0.335 e. The van der Waals surface area contributed by atoms with E-state index < -0.39 is 10.0 Å². The summed E-state index contributed by atoms with van der Waals surface area (Å²) in [6, 6.07) is 0. The number of alkyl halides is 1. The number of sulfonamides is 1. The van der Waals surface area contributed by atoms with Crippen molar-refractivity contribution in [1.82, 2.24) is 14.7 Å². The number of rotatable bonds is 4. The second-order valence-electron chi connectivity index (χ2n) is 3.79. The van der Waals surface area contributed by atoms with Gasteiger partial charge in [-0.05, 0) is 19.3 Å². The molecule has 1 saturated carbocycles. The molecule has 0 amide bonds. The van der Waals surface area contributed by atoms with E-state index in [1.165, 1.54) is 12.5 Å². The number of hydrogen-bond donors (Lipinski definition) is 2. The van der Waals surface area contributed by atoms with Crippen LogP contribution < -0.4 is 4.72 Å². The second-order valence-corrected chi connectivity index (χ2v) is 6.00. The van der Waals surface area contributed by atoms with Crippen LogP contribution in [-0.2, 0) is 10.0 Å². The Hall–Kier alpha value is -0.400. The van der Waals surface area contributed by atoms with Crippen LogP contribution >= 0.6 is 15.9 Å². The number of nitrogens with one attached hydrogen (secondary N) is 2. The molecule has 0 bridgehead atoms. The summed E-state index contributed by atoms with van der Waals surface area (Å²) < 4.78 is 26.4. The Balaban J connectivity index is 2.18. The standard InChI is InChI=1S/C8H12BrN3O2S/c9-5-8(2-1-3-8)12-15(13,14)7-4-10-6-11-7/h4,6,12H,1-3,5H2,(H,10,11). The number of imidazole rings is 1. The number of aromatic nitrogens is 2. The van der Waals surface area contributed by atoms with Gasteiger partial charge < -0.3 is 4.98 Å². The van der Waals surface area contributed by atoms with E-state index in [1.807, 2.05) is 0 Å². The smallest absolute Gasteiger partial charge is 0.258 e. The predicted octanol–water partition coefficient (Wildman–Crippen LogP) is 1.01. The third-order valence-electron chi connectivity index (χ3n) is 2.68. The number of H-pyrrole nitrogens is 1. The zero-order chi connectivity index (χ0) is 10.9. The molecule has 15 heavy (non-hydrogen) atoms. The van der Waals surface area contributed by atoms with Gasteiger partial charge in [0.25, 0.3) is 10.0 Å². The molecular formula is C8H12BrN3O2S. The molecule has 1 aliphatic rings. The summed E-state index contributed by atoms with van der Waals surface area (Å²) in [4.78, 5) is 6.30. The highest BCUT2D eigenvalue weighted by molar-refractivity contribution is 9.09. The summed E-state index contributed by atoms with van der Waals surface area (Å²) in [5.74, 6) is 0. The molecule has 5 nitrogen and oxygen atoms in total. The minimum Gasteiger partial charge on any atom is -0.335 e. The lowest BCUT2D eigenvalue weighted by atomic mass is 9.80. The molecule has 1 fully saturated rings. The summed E-state index contributed by atoms with van der Waals surface area (Å²) in [5, 5.41) is 0.766. The Kier molecular flexibility index (Phi) is 2.87. The number of aromatic amines is 1. The van der Waals surface area contributed by atoms with Crippen molar-refractivity contribution in [3.8, 4) is 0 Å². The van der Waals surface area contributed by atoms with Gasteiger partial charge in [0.05, 0.1) is 12.5 Å². The first-order valence-electron chi connectivity index (χ1n) is 4.66. The van der Waals surface area contributed by atoms with Gasteiger partial charge in [0.2, 0.25) is 0 Å². The van der Waals surface area contributed by atoms with Crippen molar-refractivity contribution >= 4 is 26.0 Å². The molecule has 7 heteroatoms. The van der Waals surface area contributed by atoms with E-state index in [0.29, 0.717) is 5.33 Å². The molecular weight excluding hydrogens is 282 g/mol. The summed E-state index contributed by atoms with van der Waals surface area (Å²) in [6.07, 6.45) is 5.49. The number of halogens is 1. The van der Waals surface area contributed by atoms with Crippen molar-refractivity contribution in [1.29, 1.82) is 0 Å². The van der Waals surface area contributed by atoms with E-state index in [2.05, 4.69) is 30.6 Å². The minimum atomic E-state index is -3.45. The van der Waals surface area contributed by atoms with Gasteiger partial charge in [0.15, 0.2) is 5.03 Å². The van der Waals surface area contributed by atoms with Gasteiger partial charge >= 0.3 is 0 Å². The maximum absolute atomic E-state index is 11.9. The van der Waals surface area contributed by atoms with Crippen LogP contribution in [0.3, 0.4) is 0 Å². The third-order valence-corrected chi connectivity index (χ3v) is 5.26. The molecule has 2 N–H and O–H groups in total. The maximum Gasteiger partial charge on any atom is 0.258 e. The monoisotopic (exact) mass is 293 g/mol. The molecule has 0 unspecified atom stereocenters. The highest BCUT2D eigenvalue weighted by Gasteiger charge is 2.40. The van der Waals surface area contributed by atoms with Gasteiger partial charge in [0, 0.05) is 10.9 Å². The fourth-order valence-corrected chi connectivity index (χ4v) is 3.85. The van der Waals surface area contributed by atoms with Crippen LogP contribution in [-0.4, -0.2) is 29.3 Å². The highest BCUT2D eigenvalue weighted by Crippen LogP contribution is 2.34. The minimum absolute atomic E-state index is 0.120. The molecule has 1 aromatic heterocycles. The molecule has 0 atom stereocenters. The first-order valence-corrected chi connectivity index (χ1v) is 7.27. The van der Waals surface area contributed by atoms with Gasteiger partial charge in [-0.15, -0.1) is 0 Å². The van der Waals surface area contributed by atoms with Crippen molar-refractivity contribution in [2.75, 3.05) is 5.33 Å². The number of hydrogen-bond acceptors (Lipinski definition) is 3. The predicted molar refractivity (Wildman–Crippen MR) is 59.3 cm³/mol. The average molecular weight is 294 g/mol. The summed E-state index contributed by atoms with van der Waals surface area (Å²) in [5.41, 5.74) is -0.302. The van der Waals surface area contributed by atoms with E-state index in [4.69, 9.17) is 0 Å². The molecule has 84 valence electrons. The Morgan fingerprint density at radius 3 is 2.73 bits per heavy atom. The normalized spacial score (nSPS) is 19.8. The van der Waals surface area contributed by atoms with Crippen LogP contribution in [0.25, 0.3) is 0 Å². The van der Waals surface area contributed by atoms with Gasteiger partial charge in [-0.3, -0.25) is 0 Å². The molecule has 0 aliphatic heterocycles. The topological polar surface area (TPSA) is 74.8 Å². The van der Waals surface area contributed by atoms with Crippen molar-refractivity contribution in [3.05, 3.63) is 12.5 Å². The molecule has 0 radical (unpaired) electrons. The van der Waals surface area contributed by atoms with Crippen LogP contribution in [0.1, 0.15) is 19.3 Å². The van der Waals surface area contributed by atoms with E-state index in [-0.39, 0.29) is 10.6 Å². The lowest BCUT2D eigenvalue weighted by Crippen LogP contribution is -2.54. The lowest BCUT2D eigenvalue weighted by molar-refractivity contribution is 0.256. The van der Waals surface area contributed by atoms with Crippen molar-refractivity contribution in [2.45, 2.75) is 29.8 Å². The van der Waals surface area contributed by atoms with Gasteiger partial charge in [0.1, 0.15) is 0 Å². The van der Waals surface area contributed by atoms with E-state index in [0.717, 1.165) is 19.3 Å².